The molecule has 2 rings (SSSR count). The van der Waals surface area contributed by atoms with Crippen molar-refractivity contribution in [2.24, 2.45) is 0 Å². The molecule has 4 heteroatoms. The summed E-state index contributed by atoms with van der Waals surface area (Å²) in [6.07, 6.45) is 0. The van der Waals surface area contributed by atoms with E-state index in [1.807, 2.05) is 31.2 Å². The Balaban J connectivity index is 1.83. The van der Waals surface area contributed by atoms with Crippen LogP contribution in [0.4, 0.5) is 10.1 Å². The van der Waals surface area contributed by atoms with Crippen LogP contribution in [0.25, 0.3) is 0 Å². The Bertz CT molecular complexity index is 558. The molecule has 0 fully saturated rings. The second-order valence-corrected chi connectivity index (χ2v) is 6.44. The Kier molecular flexibility index (Phi) is 5.16. The van der Waals surface area contributed by atoms with E-state index < -0.39 is 0 Å². The highest BCUT2D eigenvalue weighted by Gasteiger charge is 2.03. The minimum absolute atomic E-state index is 0.146. The predicted octanol–water partition coefficient (Wildman–Crippen LogP) is 4.60. The lowest BCUT2D eigenvalue weighted by Crippen LogP contribution is -1.92. The van der Waals surface area contributed by atoms with E-state index in [2.05, 4.69) is 6.07 Å². The van der Waals surface area contributed by atoms with Gasteiger partial charge in [0.15, 0.2) is 0 Å². The monoisotopic (exact) mass is 293 g/mol. The Morgan fingerprint density at radius 1 is 1.00 bits per heavy atom. The van der Waals surface area contributed by atoms with Gasteiger partial charge in [0.05, 0.1) is 0 Å². The molecule has 0 bridgehead atoms. The van der Waals surface area contributed by atoms with Crippen molar-refractivity contribution in [3.63, 3.8) is 0 Å². The van der Waals surface area contributed by atoms with Crippen molar-refractivity contribution in [3.05, 3.63) is 53.8 Å². The van der Waals surface area contributed by atoms with Crippen molar-refractivity contribution in [1.29, 1.82) is 0 Å². The maximum atomic E-state index is 13.4. The normalized spacial score (nSPS) is 10.6. The smallest absolute Gasteiger partial charge is 0.136 e. The fourth-order valence-electron chi connectivity index (χ4n) is 1.66. The number of halogens is 1. The van der Waals surface area contributed by atoms with Crippen LogP contribution >= 0.6 is 23.5 Å². The second kappa shape index (κ2) is 6.87. The summed E-state index contributed by atoms with van der Waals surface area (Å²) < 4.78 is 13.4. The van der Waals surface area contributed by atoms with Crippen LogP contribution in [0.15, 0.2) is 52.3 Å². The van der Waals surface area contributed by atoms with Gasteiger partial charge in [-0.15, -0.1) is 23.5 Å². The highest BCUT2D eigenvalue weighted by Crippen LogP contribution is 2.28. The maximum Gasteiger partial charge on any atom is 0.136 e. The highest BCUT2D eigenvalue weighted by atomic mass is 32.2. The zero-order valence-corrected chi connectivity index (χ0v) is 12.4. The van der Waals surface area contributed by atoms with Crippen molar-refractivity contribution >= 4 is 29.2 Å². The van der Waals surface area contributed by atoms with Crippen molar-refractivity contribution in [3.8, 4) is 0 Å². The molecule has 1 nitrogen and oxygen atoms in total. The van der Waals surface area contributed by atoms with Crippen molar-refractivity contribution in [2.45, 2.75) is 16.7 Å². The molecule has 0 aliphatic heterocycles. The molecule has 0 radical (unpaired) electrons. The fourth-order valence-corrected chi connectivity index (χ4v) is 3.54. The lowest BCUT2D eigenvalue weighted by molar-refractivity contribution is 0.602. The first kappa shape index (κ1) is 14.3. The number of thioether (sulfide) groups is 2. The molecule has 2 N–H and O–H groups in total. The Morgan fingerprint density at radius 3 is 2.37 bits per heavy atom. The van der Waals surface area contributed by atoms with Crippen molar-refractivity contribution in [2.75, 3.05) is 17.2 Å². The van der Waals surface area contributed by atoms with Gasteiger partial charge in [-0.2, -0.15) is 0 Å². The SMILES string of the molecule is Cc1ccc(SCCSc2ccccc2F)c(N)c1. The van der Waals surface area contributed by atoms with Crippen molar-refractivity contribution in [1.82, 2.24) is 0 Å². The van der Waals surface area contributed by atoms with Gasteiger partial charge >= 0.3 is 0 Å². The average molecular weight is 293 g/mol. The van der Waals surface area contributed by atoms with Crippen molar-refractivity contribution < 1.29 is 4.39 Å². The van der Waals surface area contributed by atoms with Gasteiger partial charge in [0.2, 0.25) is 0 Å². The molecule has 0 saturated heterocycles. The van der Waals surface area contributed by atoms with Gasteiger partial charge in [0.1, 0.15) is 5.82 Å². The van der Waals surface area contributed by atoms with Crippen LogP contribution in [0.3, 0.4) is 0 Å². The molecule has 100 valence electrons. The number of hydrogen-bond acceptors (Lipinski definition) is 3. The van der Waals surface area contributed by atoms with Crippen LogP contribution in [-0.4, -0.2) is 11.5 Å². The first-order valence-corrected chi connectivity index (χ1v) is 8.00. The zero-order valence-electron chi connectivity index (χ0n) is 10.7. The minimum atomic E-state index is -0.146. The van der Waals surface area contributed by atoms with Gasteiger partial charge in [0.25, 0.3) is 0 Å². The van der Waals surface area contributed by atoms with Crippen LogP contribution in [0.2, 0.25) is 0 Å². The summed E-state index contributed by atoms with van der Waals surface area (Å²) in [5.74, 6) is 1.62. The number of aryl methyl sites for hydroxylation is 1. The Labute approximate surface area is 121 Å². The number of hydrogen-bond donors (Lipinski definition) is 1. The number of nitrogen functional groups attached to an aromatic ring is 1. The highest BCUT2D eigenvalue weighted by molar-refractivity contribution is 8.03. The van der Waals surface area contributed by atoms with E-state index in [1.165, 1.54) is 23.4 Å². The van der Waals surface area contributed by atoms with Crippen LogP contribution in [-0.2, 0) is 0 Å². The van der Waals surface area contributed by atoms with Crippen LogP contribution in [0.1, 0.15) is 5.56 Å². The van der Waals surface area contributed by atoms with Gasteiger partial charge in [-0.05, 0) is 36.8 Å². The molecule has 2 aromatic rings. The average Bonchev–Trinajstić information content (AvgIpc) is 2.38. The maximum absolute atomic E-state index is 13.4. The van der Waals surface area contributed by atoms with Gasteiger partial charge in [-0.3, -0.25) is 0 Å². The summed E-state index contributed by atoms with van der Waals surface area (Å²) in [5, 5.41) is 0. The molecule has 0 saturated carbocycles. The molecule has 2 aromatic carbocycles. The number of benzene rings is 2. The number of rotatable bonds is 5. The topological polar surface area (TPSA) is 26.0 Å². The van der Waals surface area contributed by atoms with E-state index in [0.717, 1.165) is 22.1 Å². The van der Waals surface area contributed by atoms with E-state index >= 15 is 0 Å². The summed E-state index contributed by atoms with van der Waals surface area (Å²) in [4.78, 5) is 1.81. The largest absolute Gasteiger partial charge is 0.398 e. The van der Waals surface area contributed by atoms with Gasteiger partial charge < -0.3 is 5.73 Å². The molecular weight excluding hydrogens is 277 g/mol. The molecule has 0 heterocycles. The van der Waals surface area contributed by atoms with E-state index in [1.54, 1.807) is 17.8 Å². The lowest BCUT2D eigenvalue weighted by Gasteiger charge is -2.06. The second-order valence-electron chi connectivity index (χ2n) is 4.17. The Hall–Kier alpha value is -1.13. The molecule has 0 aromatic heterocycles. The predicted molar refractivity (Wildman–Crippen MR) is 83.4 cm³/mol. The quantitative estimate of drug-likeness (QED) is 0.495. The first-order valence-electron chi connectivity index (χ1n) is 6.03. The molecule has 19 heavy (non-hydrogen) atoms. The van der Waals surface area contributed by atoms with Crippen LogP contribution in [0.5, 0.6) is 0 Å². The van der Waals surface area contributed by atoms with Crippen LogP contribution < -0.4 is 5.73 Å². The fraction of sp³-hybridized carbons (Fsp3) is 0.200. The number of nitrogens with two attached hydrogens (primary N) is 1. The van der Waals surface area contributed by atoms with Gasteiger partial charge in [-0.1, -0.05) is 18.2 Å². The summed E-state index contributed by atoms with van der Waals surface area (Å²) in [6, 6.07) is 13.0. The third-order valence-electron chi connectivity index (χ3n) is 2.60. The minimum Gasteiger partial charge on any atom is -0.398 e. The molecule has 0 spiro atoms. The van der Waals surface area contributed by atoms with E-state index in [-0.39, 0.29) is 5.82 Å². The molecular formula is C15H16FNS2. The molecule has 0 amide bonds. The summed E-state index contributed by atoms with van der Waals surface area (Å²) in [6.45, 7) is 2.03. The van der Waals surface area contributed by atoms with Gasteiger partial charge in [0, 0.05) is 27.0 Å². The number of anilines is 1. The van der Waals surface area contributed by atoms with E-state index in [4.69, 9.17) is 5.73 Å². The summed E-state index contributed by atoms with van der Waals surface area (Å²) in [7, 11) is 0. The molecule has 0 aliphatic rings. The van der Waals surface area contributed by atoms with E-state index in [9.17, 15) is 4.39 Å². The first-order chi connectivity index (χ1) is 9.16. The lowest BCUT2D eigenvalue weighted by atomic mass is 10.2. The summed E-state index contributed by atoms with van der Waals surface area (Å²) in [5.41, 5.74) is 7.94. The van der Waals surface area contributed by atoms with Crippen LogP contribution in [0, 0.1) is 12.7 Å². The molecule has 0 atom stereocenters. The van der Waals surface area contributed by atoms with E-state index in [0.29, 0.717) is 4.90 Å². The Morgan fingerprint density at radius 2 is 1.68 bits per heavy atom. The molecule has 0 unspecified atom stereocenters. The third kappa shape index (κ3) is 4.18. The zero-order chi connectivity index (χ0) is 13.7. The third-order valence-corrected chi connectivity index (χ3v) is 5.00. The standard InChI is InChI=1S/C15H16FNS2/c1-11-6-7-15(13(17)10-11)19-9-8-18-14-5-3-2-4-12(14)16/h2-7,10H,8-9,17H2,1H3. The van der Waals surface area contributed by atoms with Gasteiger partial charge in [-0.25, -0.2) is 4.39 Å². The summed E-state index contributed by atoms with van der Waals surface area (Å²) >= 11 is 3.25. The molecule has 0 aliphatic carbocycles.